The van der Waals surface area contributed by atoms with Gasteiger partial charge < -0.3 is 15.0 Å². The summed E-state index contributed by atoms with van der Waals surface area (Å²) in [6.07, 6.45) is 6.16. The van der Waals surface area contributed by atoms with Crippen molar-refractivity contribution in [1.29, 1.82) is 0 Å². The molecule has 1 aromatic carbocycles. The van der Waals surface area contributed by atoms with Crippen LogP contribution in [0.1, 0.15) is 10.5 Å². The first-order valence-corrected chi connectivity index (χ1v) is 12.1. The number of benzene rings is 1. The van der Waals surface area contributed by atoms with E-state index in [1.54, 1.807) is 42.7 Å². The summed E-state index contributed by atoms with van der Waals surface area (Å²) in [5, 5.41) is 3.07. The first kappa shape index (κ1) is 22.6. The molecule has 3 heterocycles. The molecule has 0 unspecified atom stereocenters. The number of ether oxygens (including phenoxy) is 1. The molecule has 1 saturated heterocycles. The summed E-state index contributed by atoms with van der Waals surface area (Å²) in [5.41, 5.74) is 2.79. The average molecular weight is 469 g/mol. The van der Waals surface area contributed by atoms with Crippen LogP contribution in [0.4, 0.5) is 11.6 Å². The van der Waals surface area contributed by atoms with Crippen LogP contribution >= 0.6 is 0 Å². The molecule has 1 amide bonds. The number of nitrogens with one attached hydrogen (secondary N) is 1. The number of hydrogen-bond donors (Lipinski definition) is 1. The van der Waals surface area contributed by atoms with Crippen molar-refractivity contribution in [2.75, 3.05) is 44.9 Å². The van der Waals surface area contributed by atoms with Crippen molar-refractivity contribution in [2.45, 2.75) is 0 Å². The highest BCUT2D eigenvalue weighted by Gasteiger charge is 2.27. The Balaban J connectivity index is 1.36. The van der Waals surface area contributed by atoms with Crippen LogP contribution in [-0.4, -0.2) is 78.0 Å². The van der Waals surface area contributed by atoms with Crippen molar-refractivity contribution in [1.82, 2.24) is 24.2 Å². The minimum Gasteiger partial charge on any atom is -0.497 e. The van der Waals surface area contributed by atoms with E-state index in [-0.39, 0.29) is 19.0 Å². The van der Waals surface area contributed by atoms with Crippen molar-refractivity contribution >= 4 is 27.6 Å². The largest absolute Gasteiger partial charge is 0.497 e. The zero-order valence-electron chi connectivity index (χ0n) is 18.3. The molecule has 172 valence electrons. The molecule has 1 N–H and O–H groups in total. The predicted molar refractivity (Wildman–Crippen MR) is 124 cm³/mol. The van der Waals surface area contributed by atoms with E-state index in [0.29, 0.717) is 30.4 Å². The van der Waals surface area contributed by atoms with Gasteiger partial charge >= 0.3 is 0 Å². The zero-order chi connectivity index (χ0) is 23.4. The molecule has 0 bridgehead atoms. The van der Waals surface area contributed by atoms with E-state index in [1.807, 2.05) is 24.3 Å². The number of nitrogens with zero attached hydrogens (tertiary/aromatic N) is 5. The van der Waals surface area contributed by atoms with Crippen molar-refractivity contribution in [3.63, 3.8) is 0 Å². The van der Waals surface area contributed by atoms with Gasteiger partial charge in [0.25, 0.3) is 5.91 Å². The van der Waals surface area contributed by atoms with E-state index in [9.17, 15) is 13.2 Å². The molecule has 1 aliphatic rings. The van der Waals surface area contributed by atoms with Gasteiger partial charge in [-0.05, 0) is 29.8 Å². The van der Waals surface area contributed by atoms with Crippen LogP contribution in [0.5, 0.6) is 5.75 Å². The monoisotopic (exact) mass is 468 g/mol. The highest BCUT2D eigenvalue weighted by molar-refractivity contribution is 7.88. The molecular weight excluding hydrogens is 444 g/mol. The molecule has 0 radical (unpaired) electrons. The smallest absolute Gasteiger partial charge is 0.272 e. The van der Waals surface area contributed by atoms with E-state index < -0.39 is 10.0 Å². The van der Waals surface area contributed by atoms with Crippen LogP contribution < -0.4 is 10.1 Å². The summed E-state index contributed by atoms with van der Waals surface area (Å²) in [4.78, 5) is 27.2. The molecule has 1 aliphatic heterocycles. The van der Waals surface area contributed by atoms with Crippen LogP contribution in [0.3, 0.4) is 0 Å². The Morgan fingerprint density at radius 3 is 2.12 bits per heavy atom. The lowest BCUT2D eigenvalue weighted by atomic mass is 10.1. The quantitative estimate of drug-likeness (QED) is 0.584. The minimum atomic E-state index is -3.24. The maximum atomic E-state index is 12.7. The Hall–Kier alpha value is -3.57. The van der Waals surface area contributed by atoms with E-state index in [0.717, 1.165) is 16.9 Å². The third kappa shape index (κ3) is 5.44. The Labute approximate surface area is 192 Å². The predicted octanol–water partition coefficient (Wildman–Crippen LogP) is 2.01. The number of carbonyl (C=O) groups is 1. The van der Waals surface area contributed by atoms with Gasteiger partial charge in [0.1, 0.15) is 11.4 Å². The van der Waals surface area contributed by atoms with Crippen LogP contribution in [0.15, 0.2) is 55.0 Å². The Kier molecular flexibility index (Phi) is 6.52. The molecule has 0 atom stereocenters. The van der Waals surface area contributed by atoms with Crippen LogP contribution in [0.2, 0.25) is 0 Å². The fourth-order valence-electron chi connectivity index (χ4n) is 3.43. The number of aromatic nitrogens is 3. The molecule has 3 aromatic rings. The van der Waals surface area contributed by atoms with Gasteiger partial charge in [0, 0.05) is 44.1 Å². The fourth-order valence-corrected chi connectivity index (χ4v) is 4.26. The van der Waals surface area contributed by atoms with Crippen molar-refractivity contribution < 1.29 is 17.9 Å². The number of methoxy groups -OCH3 is 1. The topological polar surface area (TPSA) is 118 Å². The summed E-state index contributed by atoms with van der Waals surface area (Å²) >= 11 is 0. The number of anilines is 2. The third-order valence-corrected chi connectivity index (χ3v) is 6.61. The van der Waals surface area contributed by atoms with Crippen LogP contribution in [0.25, 0.3) is 11.1 Å². The van der Waals surface area contributed by atoms with Crippen LogP contribution in [0, 0.1) is 0 Å². The number of amides is 1. The van der Waals surface area contributed by atoms with E-state index in [4.69, 9.17) is 4.74 Å². The van der Waals surface area contributed by atoms with Gasteiger partial charge in [-0.1, -0.05) is 12.1 Å². The first-order valence-electron chi connectivity index (χ1n) is 10.3. The van der Waals surface area contributed by atoms with Gasteiger partial charge in [0.05, 0.1) is 25.2 Å². The summed E-state index contributed by atoms with van der Waals surface area (Å²) in [6, 6.07) is 11.0. The van der Waals surface area contributed by atoms with E-state index >= 15 is 0 Å². The summed E-state index contributed by atoms with van der Waals surface area (Å²) in [7, 11) is -1.62. The molecule has 4 rings (SSSR count). The maximum Gasteiger partial charge on any atom is 0.272 e. The SMILES string of the molecule is COc1ccc(-c2cnc(Nc3ccc(C(=O)N4CCN(S(C)(=O)=O)CC4)nc3)nc2)cc1. The van der Waals surface area contributed by atoms with E-state index in [2.05, 4.69) is 20.3 Å². The number of rotatable bonds is 6. The van der Waals surface area contributed by atoms with Gasteiger partial charge in [0.15, 0.2) is 0 Å². The molecule has 33 heavy (non-hydrogen) atoms. The lowest BCUT2D eigenvalue weighted by Gasteiger charge is -2.33. The van der Waals surface area contributed by atoms with Crippen molar-refractivity contribution in [2.24, 2.45) is 0 Å². The molecule has 1 fully saturated rings. The molecule has 0 aliphatic carbocycles. The highest BCUT2D eigenvalue weighted by Crippen LogP contribution is 2.22. The van der Waals surface area contributed by atoms with Gasteiger partial charge in [-0.15, -0.1) is 0 Å². The molecule has 0 spiro atoms. The lowest BCUT2D eigenvalue weighted by molar-refractivity contribution is 0.0692. The second kappa shape index (κ2) is 9.51. The molecule has 11 heteroatoms. The Bertz CT molecular complexity index is 1210. The Morgan fingerprint density at radius 1 is 0.909 bits per heavy atom. The summed E-state index contributed by atoms with van der Waals surface area (Å²) in [5.74, 6) is 0.961. The summed E-state index contributed by atoms with van der Waals surface area (Å²) in [6.45, 7) is 1.24. The third-order valence-electron chi connectivity index (χ3n) is 5.31. The van der Waals surface area contributed by atoms with Gasteiger partial charge in [-0.3, -0.25) is 4.79 Å². The standard InChI is InChI=1S/C22H24N6O4S/c1-32-19-6-3-16(4-7-19)17-13-24-22(25-14-17)26-18-5-8-20(23-15-18)21(29)27-9-11-28(12-10-27)33(2,30)31/h3-8,13-15H,9-12H2,1-2H3,(H,24,25,26). The second-order valence-electron chi connectivity index (χ2n) is 7.54. The fraction of sp³-hybridized carbons (Fsp3) is 0.273. The van der Waals surface area contributed by atoms with E-state index in [1.165, 1.54) is 10.6 Å². The molecule has 0 saturated carbocycles. The highest BCUT2D eigenvalue weighted by atomic mass is 32.2. The van der Waals surface area contributed by atoms with Crippen molar-refractivity contribution in [3.8, 4) is 16.9 Å². The minimum absolute atomic E-state index is 0.227. The number of pyridine rings is 1. The number of piperazine rings is 1. The van der Waals surface area contributed by atoms with Gasteiger partial charge in [-0.25, -0.2) is 23.4 Å². The first-order chi connectivity index (χ1) is 15.8. The number of carbonyl (C=O) groups excluding carboxylic acids is 1. The number of sulfonamides is 1. The average Bonchev–Trinajstić information content (AvgIpc) is 2.84. The molecule has 2 aromatic heterocycles. The summed E-state index contributed by atoms with van der Waals surface area (Å²) < 4.78 is 29.8. The Morgan fingerprint density at radius 2 is 1.58 bits per heavy atom. The van der Waals surface area contributed by atoms with Crippen LogP contribution in [-0.2, 0) is 10.0 Å². The second-order valence-corrected chi connectivity index (χ2v) is 9.52. The lowest BCUT2D eigenvalue weighted by Crippen LogP contribution is -2.50. The molecular formula is C22H24N6O4S. The molecule has 10 nitrogen and oxygen atoms in total. The number of hydrogen-bond acceptors (Lipinski definition) is 8. The maximum absolute atomic E-state index is 12.7. The van der Waals surface area contributed by atoms with Gasteiger partial charge in [0.2, 0.25) is 16.0 Å². The van der Waals surface area contributed by atoms with Crippen molar-refractivity contribution in [3.05, 3.63) is 60.7 Å². The van der Waals surface area contributed by atoms with Gasteiger partial charge in [-0.2, -0.15) is 4.31 Å². The normalized spacial score (nSPS) is 14.7. The zero-order valence-corrected chi connectivity index (χ0v) is 19.1.